The smallest absolute Gasteiger partial charge is 0.254 e. The lowest BCUT2D eigenvalue weighted by Crippen LogP contribution is -2.55. The Kier molecular flexibility index (Phi) is 10.2. The van der Waals surface area contributed by atoms with Crippen LogP contribution in [0.2, 0.25) is 0 Å². The molecule has 0 bridgehead atoms. The van der Waals surface area contributed by atoms with Gasteiger partial charge in [0, 0.05) is 55.7 Å². The molecule has 3 amide bonds. The lowest BCUT2D eigenvalue weighted by molar-refractivity contribution is -0.133. The number of nitrogens with one attached hydrogen (secondary N) is 3. The minimum atomic E-state index is -2.89. The Morgan fingerprint density at radius 2 is 1.72 bits per heavy atom. The molecule has 1 aliphatic carbocycles. The Bertz CT molecular complexity index is 1510. The van der Waals surface area contributed by atoms with Gasteiger partial charge in [-0.05, 0) is 69.0 Å². The van der Waals surface area contributed by atoms with Crippen molar-refractivity contribution in [3.05, 3.63) is 47.5 Å². The number of piperazine rings is 1. The number of amides is 3. The Morgan fingerprint density at radius 1 is 1.02 bits per heavy atom. The first-order chi connectivity index (χ1) is 22.2. The predicted molar refractivity (Wildman–Crippen MR) is 173 cm³/mol. The third kappa shape index (κ3) is 7.42. The van der Waals surface area contributed by atoms with Crippen molar-refractivity contribution >= 4 is 29.1 Å². The number of alkyl halides is 2. The second-order valence-corrected chi connectivity index (χ2v) is 14.2. The number of nitrogens with zero attached hydrogens (tertiary/aromatic N) is 2. The molecule has 256 valence electrons. The van der Waals surface area contributed by atoms with E-state index in [1.54, 1.807) is 0 Å². The molecule has 0 radical (unpaired) electrons. The molecular formula is C35H45F4N5O3. The van der Waals surface area contributed by atoms with Crippen molar-refractivity contribution in [2.75, 3.05) is 36.9 Å². The molecule has 47 heavy (non-hydrogen) atoms. The highest BCUT2D eigenvalue weighted by Crippen LogP contribution is 2.38. The monoisotopic (exact) mass is 659 g/mol. The molecular weight excluding hydrogens is 614 g/mol. The van der Waals surface area contributed by atoms with E-state index in [4.69, 9.17) is 0 Å². The van der Waals surface area contributed by atoms with Gasteiger partial charge in [-0.3, -0.25) is 19.3 Å². The molecule has 1 saturated carbocycles. The van der Waals surface area contributed by atoms with Gasteiger partial charge >= 0.3 is 0 Å². The molecule has 8 nitrogen and oxygen atoms in total. The van der Waals surface area contributed by atoms with Crippen LogP contribution in [0.15, 0.2) is 30.3 Å². The summed E-state index contributed by atoms with van der Waals surface area (Å²) in [5.74, 6) is -5.98. The molecule has 2 aromatic rings. The number of rotatable bonds is 7. The first-order valence-electron chi connectivity index (χ1n) is 16.4. The third-order valence-corrected chi connectivity index (χ3v) is 10.5. The number of benzene rings is 2. The molecule has 3 aliphatic rings. The number of carbonyl (C=O) groups is 3. The van der Waals surface area contributed by atoms with Crippen LogP contribution in [0.3, 0.4) is 0 Å². The van der Waals surface area contributed by atoms with Crippen LogP contribution in [0.4, 0.5) is 28.9 Å². The van der Waals surface area contributed by atoms with Gasteiger partial charge in [0.2, 0.25) is 18.2 Å². The summed E-state index contributed by atoms with van der Waals surface area (Å²) in [6.07, 6.45) is 0.447. The number of piperidine rings is 1. The van der Waals surface area contributed by atoms with Crippen molar-refractivity contribution in [2.45, 2.75) is 84.4 Å². The largest absolute Gasteiger partial charge is 0.367 e. The van der Waals surface area contributed by atoms with Crippen LogP contribution < -0.4 is 20.9 Å². The zero-order chi connectivity index (χ0) is 34.2. The van der Waals surface area contributed by atoms with Crippen molar-refractivity contribution in [1.82, 2.24) is 15.5 Å². The number of hydrogen-bond donors (Lipinski definition) is 3. The second kappa shape index (κ2) is 13.8. The van der Waals surface area contributed by atoms with E-state index in [0.717, 1.165) is 31.7 Å². The van der Waals surface area contributed by atoms with Crippen molar-refractivity contribution in [3.8, 4) is 11.1 Å². The maximum absolute atomic E-state index is 15.9. The Balaban J connectivity index is 1.47. The number of likely N-dealkylation sites (N-methyl/N-ethyl adjacent to an activating group) is 1. The Morgan fingerprint density at radius 3 is 2.36 bits per heavy atom. The molecule has 0 spiro atoms. The molecule has 3 unspecified atom stereocenters. The summed E-state index contributed by atoms with van der Waals surface area (Å²) >= 11 is 0. The highest BCUT2D eigenvalue weighted by molar-refractivity contribution is 5.99. The maximum Gasteiger partial charge on any atom is 0.254 e. The van der Waals surface area contributed by atoms with Gasteiger partial charge in [0.1, 0.15) is 11.6 Å². The lowest BCUT2D eigenvalue weighted by Gasteiger charge is -2.44. The van der Waals surface area contributed by atoms with Crippen molar-refractivity contribution in [1.29, 1.82) is 0 Å². The summed E-state index contributed by atoms with van der Waals surface area (Å²) in [5.41, 5.74) is 0.397. The summed E-state index contributed by atoms with van der Waals surface area (Å²) in [6.45, 7) is 8.99. The highest BCUT2D eigenvalue weighted by atomic mass is 19.3. The van der Waals surface area contributed by atoms with Crippen molar-refractivity contribution in [3.63, 3.8) is 0 Å². The summed E-state index contributed by atoms with van der Waals surface area (Å²) in [5, 5.41) is 8.22. The van der Waals surface area contributed by atoms with E-state index in [1.165, 1.54) is 24.3 Å². The van der Waals surface area contributed by atoms with Crippen molar-refractivity contribution < 1.29 is 31.9 Å². The molecule has 2 saturated heterocycles. The fraction of sp³-hybridized carbons (Fsp3) is 0.571. The Hall–Kier alpha value is -3.67. The summed E-state index contributed by atoms with van der Waals surface area (Å²) in [6, 6.07) is 6.61. The average molecular weight is 660 g/mol. The minimum absolute atomic E-state index is 0.0269. The molecule has 0 aromatic heterocycles. The van der Waals surface area contributed by atoms with E-state index in [1.807, 2.05) is 25.8 Å². The summed E-state index contributed by atoms with van der Waals surface area (Å²) < 4.78 is 59.2. The second-order valence-electron chi connectivity index (χ2n) is 14.2. The Labute approximate surface area is 273 Å². The third-order valence-electron chi connectivity index (χ3n) is 10.5. The van der Waals surface area contributed by atoms with Crippen molar-refractivity contribution in [2.24, 2.45) is 17.3 Å². The molecule has 5 atom stereocenters. The molecule has 2 aromatic carbocycles. The number of carbonyl (C=O) groups excluding carboxylic acids is 3. The number of anilines is 2. The summed E-state index contributed by atoms with van der Waals surface area (Å²) in [4.78, 5) is 42.5. The fourth-order valence-corrected chi connectivity index (χ4v) is 7.19. The zero-order valence-corrected chi connectivity index (χ0v) is 27.6. The minimum Gasteiger partial charge on any atom is -0.367 e. The van der Waals surface area contributed by atoms with Gasteiger partial charge < -0.3 is 20.9 Å². The molecule has 5 rings (SSSR count). The first kappa shape index (κ1) is 34.7. The van der Waals surface area contributed by atoms with Gasteiger partial charge in [0.05, 0.1) is 22.9 Å². The van der Waals surface area contributed by atoms with Crippen LogP contribution >= 0.6 is 0 Å². The maximum atomic E-state index is 15.9. The van der Waals surface area contributed by atoms with E-state index in [0.29, 0.717) is 18.8 Å². The van der Waals surface area contributed by atoms with Crippen LogP contribution in [0.25, 0.3) is 11.1 Å². The van der Waals surface area contributed by atoms with Crippen LogP contribution in [-0.4, -0.2) is 73.9 Å². The van der Waals surface area contributed by atoms with Crippen LogP contribution in [-0.2, 0) is 9.59 Å². The number of hydrogen-bond acceptors (Lipinski definition) is 5. The molecule has 2 heterocycles. The molecule has 2 aliphatic heterocycles. The lowest BCUT2D eigenvalue weighted by atomic mass is 9.73. The van der Waals surface area contributed by atoms with E-state index >= 15 is 8.78 Å². The number of halogens is 4. The van der Waals surface area contributed by atoms with E-state index in [-0.39, 0.29) is 52.5 Å². The van der Waals surface area contributed by atoms with Gasteiger partial charge in [0.25, 0.3) is 5.91 Å². The van der Waals surface area contributed by atoms with Gasteiger partial charge in [-0.25, -0.2) is 17.6 Å². The van der Waals surface area contributed by atoms with E-state index in [2.05, 4.69) is 34.7 Å². The van der Waals surface area contributed by atoms with E-state index in [9.17, 15) is 23.2 Å². The fourth-order valence-electron chi connectivity index (χ4n) is 7.19. The van der Waals surface area contributed by atoms with Crippen LogP contribution in [0.5, 0.6) is 0 Å². The van der Waals surface area contributed by atoms with E-state index < -0.39 is 54.0 Å². The molecule has 12 heteroatoms. The predicted octanol–water partition coefficient (Wildman–Crippen LogP) is 5.82. The van der Waals surface area contributed by atoms with Crippen LogP contribution in [0, 0.1) is 28.9 Å². The van der Waals surface area contributed by atoms with Crippen LogP contribution in [0.1, 0.15) is 70.2 Å². The average Bonchev–Trinajstić information content (AvgIpc) is 3.01. The standard InChI is InChI=1S/C35H45F4N5O3/c1-19-17-44(18-20(2)43(19)5)29-15-27(37)23(13-28(29)41-34(47)25-16-40-31(45)14-24(25)32(38)39)21-9-10-22(26(36)12-21)33(46)42-30-8-6-7-11-35(30,3)4/h9-10,12-13,15,19-20,24-25,30,32H,6-8,11,14,16-18H2,1-5H3,(H,40,45)(H,41,47)(H,42,46)/t19-,20+,24?,25?,30?. The zero-order valence-electron chi connectivity index (χ0n) is 27.6. The topological polar surface area (TPSA) is 93.8 Å². The highest BCUT2D eigenvalue weighted by Gasteiger charge is 2.40. The molecule has 3 N–H and O–H groups in total. The molecule has 3 fully saturated rings. The normalized spacial score (nSPS) is 26.6. The van der Waals surface area contributed by atoms with Gasteiger partial charge in [-0.1, -0.05) is 32.8 Å². The summed E-state index contributed by atoms with van der Waals surface area (Å²) in [7, 11) is 2.00. The first-order valence-corrected chi connectivity index (χ1v) is 16.4. The van der Waals surface area contributed by atoms with Gasteiger partial charge in [-0.2, -0.15) is 0 Å². The van der Waals surface area contributed by atoms with Gasteiger partial charge in [0.15, 0.2) is 0 Å². The SMILES string of the molecule is C[C@@H]1CN(c2cc(F)c(-c3ccc(C(=O)NC4CCCCC4(C)C)c(F)c3)cc2NC(=O)C2CNC(=O)CC2C(F)F)C[C@H](C)N1C. The van der Waals surface area contributed by atoms with Gasteiger partial charge in [-0.15, -0.1) is 0 Å². The quantitative estimate of drug-likeness (QED) is 0.326.